The van der Waals surface area contributed by atoms with Gasteiger partial charge in [0.15, 0.2) is 0 Å². The summed E-state index contributed by atoms with van der Waals surface area (Å²) >= 11 is 5.62. The molecule has 0 atom stereocenters. The number of benzene rings is 1. The van der Waals surface area contributed by atoms with Crippen LogP contribution in [0, 0.1) is 4.64 Å². The van der Waals surface area contributed by atoms with Crippen LogP contribution < -0.4 is 0 Å². The third-order valence-electron chi connectivity index (χ3n) is 3.80. The van der Waals surface area contributed by atoms with Gasteiger partial charge in [0.2, 0.25) is 0 Å². The molecule has 0 amide bonds. The molecule has 0 saturated heterocycles. The van der Waals surface area contributed by atoms with Gasteiger partial charge in [0, 0.05) is 17.8 Å². The zero-order valence-electron chi connectivity index (χ0n) is 12.8. The van der Waals surface area contributed by atoms with Gasteiger partial charge in [0.1, 0.15) is 15.9 Å². The van der Waals surface area contributed by atoms with Crippen LogP contribution in [-0.4, -0.2) is 19.7 Å². The van der Waals surface area contributed by atoms with Gasteiger partial charge in [-0.05, 0) is 29.8 Å². The second-order valence-corrected chi connectivity index (χ2v) is 5.80. The van der Waals surface area contributed by atoms with E-state index in [0.29, 0.717) is 11.2 Å². The van der Waals surface area contributed by atoms with E-state index >= 15 is 0 Å². The van der Waals surface area contributed by atoms with Gasteiger partial charge in [-0.25, -0.2) is 4.68 Å². The molecular formula is C19H14N4S. The summed E-state index contributed by atoms with van der Waals surface area (Å²) < 4.78 is 2.46. The lowest BCUT2D eigenvalue weighted by Gasteiger charge is -2.11. The third-order valence-corrected chi connectivity index (χ3v) is 4.21. The van der Waals surface area contributed by atoms with Gasteiger partial charge in [-0.1, -0.05) is 48.6 Å². The van der Waals surface area contributed by atoms with Gasteiger partial charge in [-0.3, -0.25) is 9.97 Å². The highest BCUT2D eigenvalue weighted by Gasteiger charge is 2.12. The highest BCUT2D eigenvalue weighted by atomic mass is 32.1. The van der Waals surface area contributed by atoms with Crippen LogP contribution in [0.1, 0.15) is 5.56 Å². The summed E-state index contributed by atoms with van der Waals surface area (Å²) in [7, 11) is 0. The van der Waals surface area contributed by atoms with Crippen LogP contribution in [-0.2, 0) is 6.54 Å². The summed E-state index contributed by atoms with van der Waals surface area (Å²) in [4.78, 5) is 8.92. The molecule has 0 aliphatic carbocycles. The topological polar surface area (TPSA) is 43.6 Å². The molecule has 4 aromatic rings. The first-order chi connectivity index (χ1) is 11.8. The molecule has 0 spiro atoms. The Morgan fingerprint density at radius 3 is 2.42 bits per heavy atom. The summed E-state index contributed by atoms with van der Waals surface area (Å²) in [6, 6.07) is 19.8. The van der Waals surface area contributed by atoms with Crippen LogP contribution in [0.2, 0.25) is 0 Å². The summed E-state index contributed by atoms with van der Waals surface area (Å²) in [5.74, 6) is 0. The van der Waals surface area contributed by atoms with Gasteiger partial charge in [0.05, 0.1) is 12.2 Å². The molecule has 0 fully saturated rings. The Balaban J connectivity index is 1.95. The van der Waals surface area contributed by atoms with Crippen molar-refractivity contribution in [3.63, 3.8) is 0 Å². The molecule has 24 heavy (non-hydrogen) atoms. The summed E-state index contributed by atoms with van der Waals surface area (Å²) in [6.45, 7) is 0.603. The van der Waals surface area contributed by atoms with Crippen LogP contribution in [0.5, 0.6) is 0 Å². The molecule has 1 aromatic carbocycles. The molecule has 0 aliphatic heterocycles. The first kappa shape index (κ1) is 14.7. The fourth-order valence-corrected chi connectivity index (χ4v) is 2.93. The molecule has 3 aromatic heterocycles. The maximum atomic E-state index is 5.62. The molecule has 0 aliphatic rings. The number of hydrogen-bond donors (Lipinski definition) is 0. The molecule has 0 N–H and O–H groups in total. The fourth-order valence-electron chi connectivity index (χ4n) is 2.66. The Bertz CT molecular complexity index is 1040. The fraction of sp³-hybridized carbons (Fsp3) is 0.0526. The van der Waals surface area contributed by atoms with Gasteiger partial charge >= 0.3 is 0 Å². The maximum absolute atomic E-state index is 5.62. The van der Waals surface area contributed by atoms with Crippen molar-refractivity contribution >= 4 is 23.1 Å². The highest BCUT2D eigenvalue weighted by molar-refractivity contribution is 7.71. The molecule has 0 unspecified atom stereocenters. The zero-order valence-corrected chi connectivity index (χ0v) is 13.6. The van der Waals surface area contributed by atoms with Crippen molar-refractivity contribution in [1.82, 2.24) is 19.7 Å². The number of aromatic nitrogens is 4. The average molecular weight is 330 g/mol. The Hall–Kier alpha value is -2.92. The van der Waals surface area contributed by atoms with E-state index in [1.165, 1.54) is 0 Å². The lowest BCUT2D eigenvalue weighted by Crippen LogP contribution is -2.09. The Morgan fingerprint density at radius 2 is 1.62 bits per heavy atom. The van der Waals surface area contributed by atoms with E-state index in [9.17, 15) is 0 Å². The van der Waals surface area contributed by atoms with Crippen molar-refractivity contribution in [1.29, 1.82) is 0 Å². The molecule has 0 saturated carbocycles. The maximum Gasteiger partial charge on any atom is 0.149 e. The predicted octanol–water partition coefficient (Wildman–Crippen LogP) is 4.27. The molecule has 0 bridgehead atoms. The summed E-state index contributed by atoms with van der Waals surface area (Å²) in [5.41, 5.74) is 3.53. The van der Waals surface area contributed by atoms with E-state index in [4.69, 9.17) is 17.3 Å². The Kier molecular flexibility index (Phi) is 3.84. The van der Waals surface area contributed by atoms with E-state index in [0.717, 1.165) is 27.9 Å². The van der Waals surface area contributed by atoms with E-state index < -0.39 is 0 Å². The van der Waals surface area contributed by atoms with Crippen molar-refractivity contribution in [3.8, 4) is 11.4 Å². The smallest absolute Gasteiger partial charge is 0.149 e. The number of rotatable bonds is 3. The molecule has 4 rings (SSSR count). The molecule has 0 radical (unpaired) electrons. The van der Waals surface area contributed by atoms with Crippen LogP contribution >= 0.6 is 12.2 Å². The first-order valence-electron chi connectivity index (χ1n) is 7.64. The van der Waals surface area contributed by atoms with Crippen LogP contribution in [0.15, 0.2) is 73.1 Å². The SMILES string of the molecule is S=c1c2ncccc2c(-c2ccccn2)nn1Cc1ccccc1. The minimum Gasteiger partial charge on any atom is -0.255 e. The van der Waals surface area contributed by atoms with Crippen molar-refractivity contribution in [2.75, 3.05) is 0 Å². The zero-order chi connectivity index (χ0) is 16.4. The third kappa shape index (κ3) is 2.70. The monoisotopic (exact) mass is 330 g/mol. The van der Waals surface area contributed by atoms with Gasteiger partial charge in [-0.2, -0.15) is 5.10 Å². The van der Waals surface area contributed by atoms with Crippen LogP contribution in [0.3, 0.4) is 0 Å². The number of fused-ring (bicyclic) bond motifs is 1. The van der Waals surface area contributed by atoms with E-state index in [1.807, 2.05) is 53.2 Å². The van der Waals surface area contributed by atoms with E-state index in [1.54, 1.807) is 12.4 Å². The Morgan fingerprint density at radius 1 is 0.833 bits per heavy atom. The average Bonchev–Trinajstić information content (AvgIpc) is 2.66. The first-order valence-corrected chi connectivity index (χ1v) is 8.05. The predicted molar refractivity (Wildman–Crippen MR) is 97.1 cm³/mol. The van der Waals surface area contributed by atoms with Crippen LogP contribution in [0.25, 0.3) is 22.3 Å². The number of pyridine rings is 2. The van der Waals surface area contributed by atoms with Crippen molar-refractivity contribution in [2.24, 2.45) is 0 Å². The Labute approximate surface area is 144 Å². The van der Waals surface area contributed by atoms with Gasteiger partial charge in [0.25, 0.3) is 0 Å². The van der Waals surface area contributed by atoms with Gasteiger partial charge < -0.3 is 0 Å². The van der Waals surface area contributed by atoms with Gasteiger partial charge in [-0.15, -0.1) is 0 Å². The minimum absolute atomic E-state index is 0.603. The molecular weight excluding hydrogens is 316 g/mol. The van der Waals surface area contributed by atoms with Crippen molar-refractivity contribution in [2.45, 2.75) is 6.54 Å². The second kappa shape index (κ2) is 6.29. The lowest BCUT2D eigenvalue weighted by atomic mass is 10.1. The minimum atomic E-state index is 0.603. The van der Waals surface area contributed by atoms with Crippen molar-refractivity contribution in [3.05, 3.63) is 83.3 Å². The van der Waals surface area contributed by atoms with Crippen LogP contribution in [0.4, 0.5) is 0 Å². The largest absolute Gasteiger partial charge is 0.255 e. The number of nitrogens with zero attached hydrogens (tertiary/aromatic N) is 4. The second-order valence-electron chi connectivity index (χ2n) is 5.41. The summed E-state index contributed by atoms with van der Waals surface area (Å²) in [6.07, 6.45) is 3.52. The molecule has 116 valence electrons. The van der Waals surface area contributed by atoms with E-state index in [2.05, 4.69) is 22.1 Å². The molecule has 4 nitrogen and oxygen atoms in total. The van der Waals surface area contributed by atoms with E-state index in [-0.39, 0.29) is 0 Å². The lowest BCUT2D eigenvalue weighted by molar-refractivity contribution is 0.664. The highest BCUT2D eigenvalue weighted by Crippen LogP contribution is 2.24. The normalized spacial score (nSPS) is 10.8. The molecule has 3 heterocycles. The standard InChI is InChI=1S/C19H14N4S/c24-19-18-15(9-6-12-21-18)17(16-10-4-5-11-20-16)22-23(19)13-14-7-2-1-3-8-14/h1-12H,13H2. The quantitative estimate of drug-likeness (QED) is 0.526. The van der Waals surface area contributed by atoms with Crippen molar-refractivity contribution < 1.29 is 0 Å². The summed E-state index contributed by atoms with van der Waals surface area (Å²) in [5, 5.41) is 5.70. The molecule has 5 heteroatoms. The number of hydrogen-bond acceptors (Lipinski definition) is 4.